The Bertz CT molecular complexity index is 1100. The van der Waals surface area contributed by atoms with Crippen LogP contribution in [0.3, 0.4) is 0 Å². The summed E-state index contributed by atoms with van der Waals surface area (Å²) in [5, 5.41) is 13.9. The van der Waals surface area contributed by atoms with Gasteiger partial charge in [-0.05, 0) is 98.8 Å². The zero-order valence-electron chi connectivity index (χ0n) is 18.7. The minimum atomic E-state index is -0.824. The van der Waals surface area contributed by atoms with E-state index >= 15 is 0 Å². The van der Waals surface area contributed by atoms with Crippen molar-refractivity contribution >= 4 is 40.2 Å². The molecular formula is C26H30ClN3O3. The van der Waals surface area contributed by atoms with Crippen molar-refractivity contribution in [3.8, 4) is 0 Å². The van der Waals surface area contributed by atoms with Crippen molar-refractivity contribution in [3.63, 3.8) is 0 Å². The normalized spacial score (nSPS) is 32.5. The number of carboxylic acids is 1. The number of rotatable bonds is 5. The number of hydrogen-bond donors (Lipinski definition) is 2. The molecule has 174 valence electrons. The topological polar surface area (TPSA) is 82.5 Å². The van der Waals surface area contributed by atoms with Gasteiger partial charge in [-0.25, -0.2) is 9.78 Å². The average molecular weight is 468 g/mol. The Kier molecular flexibility index (Phi) is 5.05. The van der Waals surface area contributed by atoms with E-state index in [4.69, 9.17) is 16.6 Å². The minimum Gasteiger partial charge on any atom is -0.480 e. The number of benzene rings is 1. The number of carboxylic acid groups (broad SMARTS) is 1. The minimum absolute atomic E-state index is 0.138. The van der Waals surface area contributed by atoms with Crippen LogP contribution < -0.4 is 10.2 Å². The van der Waals surface area contributed by atoms with Gasteiger partial charge in [0.25, 0.3) is 5.91 Å². The Morgan fingerprint density at radius 1 is 1.09 bits per heavy atom. The molecule has 0 unspecified atom stereocenters. The number of fused-ring (bicyclic) bond motifs is 1. The van der Waals surface area contributed by atoms with Gasteiger partial charge in [-0.3, -0.25) is 4.79 Å². The number of aliphatic carboxylic acids is 1. The Hall–Kier alpha value is -2.34. The van der Waals surface area contributed by atoms with Crippen molar-refractivity contribution < 1.29 is 14.7 Å². The quantitative estimate of drug-likeness (QED) is 0.654. The van der Waals surface area contributed by atoms with E-state index in [-0.39, 0.29) is 11.3 Å². The van der Waals surface area contributed by atoms with Gasteiger partial charge in [0, 0.05) is 18.5 Å². The number of carbonyl (C=O) groups is 2. The molecule has 4 aliphatic carbocycles. The lowest BCUT2D eigenvalue weighted by atomic mass is 9.49. The molecule has 5 aliphatic rings. The lowest BCUT2D eigenvalue weighted by Gasteiger charge is -2.56. The van der Waals surface area contributed by atoms with Crippen molar-refractivity contribution in [2.24, 2.45) is 23.2 Å². The molecule has 1 atom stereocenters. The predicted molar refractivity (Wildman–Crippen MR) is 128 cm³/mol. The Balaban J connectivity index is 1.25. The molecule has 2 N–H and O–H groups in total. The van der Waals surface area contributed by atoms with E-state index in [1.165, 1.54) is 38.5 Å². The van der Waals surface area contributed by atoms with Crippen LogP contribution in [0, 0.1) is 23.2 Å². The number of nitrogens with zero attached hydrogens (tertiary/aromatic N) is 2. The first kappa shape index (κ1) is 21.2. The van der Waals surface area contributed by atoms with Gasteiger partial charge in [0.05, 0.1) is 16.1 Å². The van der Waals surface area contributed by atoms with Gasteiger partial charge in [0.2, 0.25) is 0 Å². The zero-order chi connectivity index (χ0) is 22.7. The van der Waals surface area contributed by atoms with E-state index in [0.717, 1.165) is 30.7 Å². The third-order valence-corrected chi connectivity index (χ3v) is 8.97. The van der Waals surface area contributed by atoms with Gasteiger partial charge in [0.1, 0.15) is 11.9 Å². The molecule has 7 heteroatoms. The second-order valence-corrected chi connectivity index (χ2v) is 11.4. The zero-order valence-corrected chi connectivity index (χ0v) is 19.5. The third kappa shape index (κ3) is 3.67. The van der Waals surface area contributed by atoms with Crippen molar-refractivity contribution in [2.45, 2.75) is 57.4 Å². The summed E-state index contributed by atoms with van der Waals surface area (Å²) < 4.78 is 0. The van der Waals surface area contributed by atoms with Crippen LogP contribution >= 0.6 is 11.6 Å². The van der Waals surface area contributed by atoms with Gasteiger partial charge < -0.3 is 15.3 Å². The van der Waals surface area contributed by atoms with E-state index in [2.05, 4.69) is 5.32 Å². The lowest BCUT2D eigenvalue weighted by Crippen LogP contribution is -2.51. The summed E-state index contributed by atoms with van der Waals surface area (Å²) in [7, 11) is 0. The number of pyridine rings is 1. The third-order valence-electron chi connectivity index (χ3n) is 8.65. The molecular weight excluding hydrogens is 438 g/mol. The number of amides is 1. The average Bonchev–Trinajstić information content (AvgIpc) is 3.27. The summed E-state index contributed by atoms with van der Waals surface area (Å²) in [6, 6.07) is 6.66. The van der Waals surface area contributed by atoms with Crippen molar-refractivity contribution in [1.29, 1.82) is 0 Å². The highest BCUT2D eigenvalue weighted by Gasteiger charge is 2.50. The molecule has 1 saturated heterocycles. The van der Waals surface area contributed by atoms with Gasteiger partial charge >= 0.3 is 5.97 Å². The van der Waals surface area contributed by atoms with Gasteiger partial charge in [-0.1, -0.05) is 11.6 Å². The van der Waals surface area contributed by atoms with Crippen LogP contribution in [-0.2, 0) is 4.79 Å². The maximum Gasteiger partial charge on any atom is 0.326 e. The Morgan fingerprint density at radius 2 is 1.79 bits per heavy atom. The van der Waals surface area contributed by atoms with E-state index in [1.807, 2.05) is 23.1 Å². The molecule has 0 radical (unpaired) electrons. The molecule has 2 aromatic rings. The number of aromatic nitrogens is 1. The number of halogens is 1. The van der Waals surface area contributed by atoms with Gasteiger partial charge in [0.15, 0.2) is 0 Å². The number of carbonyl (C=O) groups excluding carboxylic acids is 1. The fourth-order valence-electron chi connectivity index (χ4n) is 7.72. The van der Waals surface area contributed by atoms with Crippen molar-refractivity contribution in [1.82, 2.24) is 10.3 Å². The Labute approximate surface area is 198 Å². The first-order valence-electron chi connectivity index (χ1n) is 12.3. The van der Waals surface area contributed by atoms with Crippen LogP contribution in [0.1, 0.15) is 61.7 Å². The van der Waals surface area contributed by atoms with E-state index in [1.54, 1.807) is 6.07 Å². The molecule has 7 rings (SSSR count). The van der Waals surface area contributed by atoms with Crippen LogP contribution in [-0.4, -0.2) is 41.1 Å². The highest BCUT2D eigenvalue weighted by Crippen LogP contribution is 2.59. The first-order valence-corrected chi connectivity index (χ1v) is 12.7. The molecule has 4 bridgehead atoms. The first-order chi connectivity index (χ1) is 15.9. The van der Waals surface area contributed by atoms with Gasteiger partial charge in [-0.2, -0.15) is 0 Å². The van der Waals surface area contributed by atoms with E-state index < -0.39 is 12.0 Å². The second kappa shape index (κ2) is 7.86. The van der Waals surface area contributed by atoms with Crippen LogP contribution in [0.25, 0.3) is 10.9 Å². The summed E-state index contributed by atoms with van der Waals surface area (Å²) in [6.07, 6.45) is 9.33. The van der Waals surface area contributed by atoms with Crippen molar-refractivity contribution in [3.05, 3.63) is 34.9 Å². The molecule has 6 nitrogen and oxygen atoms in total. The van der Waals surface area contributed by atoms with Crippen LogP contribution in [0.15, 0.2) is 24.3 Å². The fraction of sp³-hybridized carbons (Fsp3) is 0.577. The molecule has 0 spiro atoms. The SMILES string of the molecule is O=C(NCC12CC3CC(CC(C3)C1)C2)c1c(Cl)ccc2nc(N3CCC[C@@H]3C(=O)O)ccc12. The standard InChI is InChI=1S/C26H30ClN3O3/c27-19-4-5-20-18(3-6-22(29-20)30-7-1-2-21(30)25(32)33)23(19)24(31)28-14-26-11-15-8-16(12-26)10-17(9-15)13-26/h3-6,15-17,21H,1-2,7-14H2,(H,28,31)(H,32,33)/t15?,16?,17?,21-,26?/m1/s1. The smallest absolute Gasteiger partial charge is 0.326 e. The monoisotopic (exact) mass is 467 g/mol. The highest BCUT2D eigenvalue weighted by atomic mass is 35.5. The van der Waals surface area contributed by atoms with Crippen LogP contribution in [0.2, 0.25) is 5.02 Å². The molecule has 1 amide bonds. The molecule has 2 heterocycles. The largest absolute Gasteiger partial charge is 0.480 e. The van der Waals surface area contributed by atoms with E-state index in [0.29, 0.717) is 40.3 Å². The summed E-state index contributed by atoms with van der Waals surface area (Å²) in [4.78, 5) is 31.5. The lowest BCUT2D eigenvalue weighted by molar-refractivity contribution is -0.138. The molecule has 5 fully saturated rings. The Morgan fingerprint density at radius 3 is 2.45 bits per heavy atom. The van der Waals surface area contributed by atoms with Crippen LogP contribution in [0.5, 0.6) is 0 Å². The molecule has 1 aromatic heterocycles. The second-order valence-electron chi connectivity index (χ2n) is 10.9. The number of anilines is 1. The molecule has 4 saturated carbocycles. The van der Waals surface area contributed by atoms with Crippen molar-refractivity contribution in [2.75, 3.05) is 18.0 Å². The van der Waals surface area contributed by atoms with Gasteiger partial charge in [-0.15, -0.1) is 0 Å². The maximum atomic E-state index is 13.3. The highest BCUT2D eigenvalue weighted by molar-refractivity contribution is 6.35. The number of nitrogens with one attached hydrogen (secondary N) is 1. The fourth-order valence-corrected chi connectivity index (χ4v) is 7.97. The molecule has 1 aliphatic heterocycles. The summed E-state index contributed by atoms with van der Waals surface area (Å²) in [6.45, 7) is 1.39. The molecule has 33 heavy (non-hydrogen) atoms. The molecule has 1 aromatic carbocycles. The number of hydrogen-bond acceptors (Lipinski definition) is 4. The maximum absolute atomic E-state index is 13.3. The predicted octanol–water partition coefficient (Wildman–Crippen LogP) is 4.89. The van der Waals surface area contributed by atoms with E-state index in [9.17, 15) is 14.7 Å². The van der Waals surface area contributed by atoms with Crippen LogP contribution in [0.4, 0.5) is 5.82 Å². The summed E-state index contributed by atoms with van der Waals surface area (Å²) >= 11 is 6.51. The summed E-state index contributed by atoms with van der Waals surface area (Å²) in [5.74, 6) is 2.21. The summed E-state index contributed by atoms with van der Waals surface area (Å²) in [5.41, 5.74) is 1.39.